The van der Waals surface area contributed by atoms with Crippen molar-refractivity contribution in [2.45, 2.75) is 17.0 Å². The van der Waals surface area contributed by atoms with Crippen molar-refractivity contribution in [2.24, 2.45) is 0 Å². The fraction of sp³-hybridized carbons (Fsp3) is 0.125. The Balaban J connectivity index is 1.65. The maximum absolute atomic E-state index is 12.6. The number of thiazole rings is 1. The van der Waals surface area contributed by atoms with Gasteiger partial charge in [-0.2, -0.15) is 13.2 Å². The number of hydrogen-bond acceptors (Lipinski definition) is 6. The quantitative estimate of drug-likeness (QED) is 0.326. The molecule has 0 N–H and O–H groups in total. The molecule has 0 spiro atoms. The minimum absolute atomic E-state index is 0.0763. The van der Waals surface area contributed by atoms with Gasteiger partial charge in [0, 0.05) is 22.8 Å². The van der Waals surface area contributed by atoms with Crippen molar-refractivity contribution in [3.63, 3.8) is 0 Å². The summed E-state index contributed by atoms with van der Waals surface area (Å²) in [5.74, 6) is 0.502. The molecular weight excluding hydrogens is 387 g/mol. The van der Waals surface area contributed by atoms with E-state index < -0.39 is 16.7 Å². The van der Waals surface area contributed by atoms with Gasteiger partial charge in [-0.15, -0.1) is 11.3 Å². The van der Waals surface area contributed by atoms with Crippen molar-refractivity contribution in [3.05, 3.63) is 69.3 Å². The number of thioether (sulfide) groups is 1. The molecule has 0 saturated heterocycles. The van der Waals surface area contributed by atoms with Crippen LogP contribution in [0.5, 0.6) is 0 Å². The van der Waals surface area contributed by atoms with Crippen molar-refractivity contribution in [3.8, 4) is 10.6 Å². The van der Waals surface area contributed by atoms with E-state index in [1.165, 1.54) is 47.5 Å². The van der Waals surface area contributed by atoms with Gasteiger partial charge >= 0.3 is 6.18 Å². The summed E-state index contributed by atoms with van der Waals surface area (Å²) in [4.78, 5) is 18.5. The van der Waals surface area contributed by atoms with Crippen LogP contribution in [0.25, 0.3) is 10.6 Å². The molecule has 0 unspecified atom stereocenters. The van der Waals surface area contributed by atoms with E-state index in [-0.39, 0.29) is 5.69 Å². The Bertz CT molecular complexity index is 910. The van der Waals surface area contributed by atoms with E-state index in [0.29, 0.717) is 21.3 Å². The number of nitrogens with zero attached hydrogens (tertiary/aromatic N) is 3. The zero-order chi connectivity index (χ0) is 18.7. The molecule has 134 valence electrons. The lowest BCUT2D eigenvalue weighted by atomic mass is 10.1. The summed E-state index contributed by atoms with van der Waals surface area (Å²) in [6, 6.07) is 7.81. The third-order valence-corrected chi connectivity index (χ3v) is 5.23. The molecule has 3 rings (SSSR count). The third kappa shape index (κ3) is 4.38. The second kappa shape index (κ2) is 7.42. The molecule has 0 saturated carbocycles. The van der Waals surface area contributed by atoms with Crippen LogP contribution in [0, 0.1) is 10.1 Å². The molecule has 0 radical (unpaired) electrons. The number of aromatic nitrogens is 2. The fourth-order valence-electron chi connectivity index (χ4n) is 2.02. The molecule has 3 aromatic rings. The van der Waals surface area contributed by atoms with Crippen LogP contribution >= 0.6 is 23.1 Å². The number of hydrogen-bond donors (Lipinski definition) is 0. The van der Waals surface area contributed by atoms with Crippen molar-refractivity contribution in [1.82, 2.24) is 9.97 Å². The number of benzene rings is 1. The fourth-order valence-corrected chi connectivity index (χ4v) is 3.69. The average Bonchev–Trinajstić information content (AvgIpc) is 3.09. The van der Waals surface area contributed by atoms with Crippen LogP contribution in [0.4, 0.5) is 18.9 Å². The molecule has 2 heterocycles. The smallest absolute Gasteiger partial charge is 0.258 e. The third-order valence-electron chi connectivity index (χ3n) is 3.31. The second-order valence-corrected chi connectivity index (χ2v) is 6.97. The van der Waals surface area contributed by atoms with E-state index in [1.54, 1.807) is 6.07 Å². The van der Waals surface area contributed by atoms with Gasteiger partial charge in [0.25, 0.3) is 5.69 Å². The Hall–Kier alpha value is -2.46. The van der Waals surface area contributed by atoms with Crippen molar-refractivity contribution >= 4 is 28.8 Å². The first-order chi connectivity index (χ1) is 12.3. The monoisotopic (exact) mass is 397 g/mol. The van der Waals surface area contributed by atoms with E-state index in [9.17, 15) is 23.3 Å². The minimum Gasteiger partial charge on any atom is -0.258 e. The average molecular weight is 397 g/mol. The first kappa shape index (κ1) is 18.3. The van der Waals surface area contributed by atoms with Gasteiger partial charge in [-0.25, -0.2) is 9.97 Å². The highest BCUT2D eigenvalue weighted by molar-refractivity contribution is 7.98. The lowest BCUT2D eigenvalue weighted by Crippen LogP contribution is -2.03. The van der Waals surface area contributed by atoms with Crippen LogP contribution in [-0.4, -0.2) is 14.9 Å². The van der Waals surface area contributed by atoms with Crippen molar-refractivity contribution in [2.75, 3.05) is 0 Å². The van der Waals surface area contributed by atoms with Crippen LogP contribution in [0.1, 0.15) is 11.3 Å². The lowest BCUT2D eigenvalue weighted by molar-refractivity contribution is -0.385. The van der Waals surface area contributed by atoms with E-state index in [4.69, 9.17) is 0 Å². The largest absolute Gasteiger partial charge is 0.416 e. The topological polar surface area (TPSA) is 68.9 Å². The maximum Gasteiger partial charge on any atom is 0.416 e. The molecule has 0 fully saturated rings. The van der Waals surface area contributed by atoms with Gasteiger partial charge in [-0.05, 0) is 18.2 Å². The van der Waals surface area contributed by atoms with Gasteiger partial charge in [0.15, 0.2) is 0 Å². The first-order valence-electron chi connectivity index (χ1n) is 7.18. The van der Waals surface area contributed by atoms with Crippen LogP contribution < -0.4 is 0 Å². The molecule has 26 heavy (non-hydrogen) atoms. The number of halogens is 3. The Morgan fingerprint density at radius 1 is 1.15 bits per heavy atom. The van der Waals surface area contributed by atoms with E-state index in [0.717, 1.165) is 17.8 Å². The molecule has 1 aromatic carbocycles. The van der Waals surface area contributed by atoms with E-state index in [2.05, 4.69) is 9.97 Å². The summed E-state index contributed by atoms with van der Waals surface area (Å²) < 4.78 is 37.8. The zero-order valence-electron chi connectivity index (χ0n) is 12.9. The van der Waals surface area contributed by atoms with E-state index in [1.807, 2.05) is 5.38 Å². The zero-order valence-corrected chi connectivity index (χ0v) is 14.6. The molecule has 0 aliphatic heterocycles. The first-order valence-corrected chi connectivity index (χ1v) is 9.05. The molecule has 5 nitrogen and oxygen atoms in total. The Labute approximate surface area is 154 Å². The Morgan fingerprint density at radius 3 is 2.46 bits per heavy atom. The molecule has 10 heteroatoms. The highest BCUT2D eigenvalue weighted by Gasteiger charge is 2.30. The second-order valence-electron chi connectivity index (χ2n) is 5.12. The van der Waals surface area contributed by atoms with Crippen molar-refractivity contribution in [1.29, 1.82) is 0 Å². The predicted octanol–water partition coefficient (Wildman–Crippen LogP) is 5.42. The maximum atomic E-state index is 12.6. The number of alkyl halides is 3. The molecular formula is C16H10F3N3O2S2. The number of rotatable bonds is 5. The highest BCUT2D eigenvalue weighted by Crippen LogP contribution is 2.32. The van der Waals surface area contributed by atoms with Crippen LogP contribution in [0.3, 0.4) is 0 Å². The van der Waals surface area contributed by atoms with Gasteiger partial charge in [0.1, 0.15) is 11.2 Å². The normalized spacial score (nSPS) is 11.5. The van der Waals surface area contributed by atoms with Crippen LogP contribution in [-0.2, 0) is 11.9 Å². The van der Waals surface area contributed by atoms with Gasteiger partial charge < -0.3 is 0 Å². The summed E-state index contributed by atoms with van der Waals surface area (Å²) in [6.45, 7) is 0. The molecule has 0 atom stereocenters. The molecule has 0 aliphatic carbocycles. The Morgan fingerprint density at radius 2 is 1.88 bits per heavy atom. The summed E-state index contributed by atoms with van der Waals surface area (Å²) in [7, 11) is 0. The SMILES string of the molecule is O=[N+]([O-])c1ccc(SCc2csc(-c3ccc(C(F)(F)F)cc3)n2)nc1. The van der Waals surface area contributed by atoms with Gasteiger partial charge in [0.05, 0.1) is 21.2 Å². The summed E-state index contributed by atoms with van der Waals surface area (Å²) in [5, 5.41) is 13.7. The summed E-state index contributed by atoms with van der Waals surface area (Å²) >= 11 is 2.71. The molecule has 0 amide bonds. The predicted molar refractivity (Wildman–Crippen MR) is 93.0 cm³/mol. The summed E-state index contributed by atoms with van der Waals surface area (Å²) in [6.07, 6.45) is -3.17. The standard InChI is InChI=1S/C16H10F3N3O2S2/c17-16(18,19)11-3-1-10(2-4-11)15-21-12(9-26-15)8-25-14-6-5-13(7-20-14)22(23)24/h1-7,9H,8H2. The lowest BCUT2D eigenvalue weighted by Gasteiger charge is -2.06. The number of nitro groups is 1. The molecule has 0 aliphatic rings. The molecule has 2 aromatic heterocycles. The van der Waals surface area contributed by atoms with Crippen molar-refractivity contribution < 1.29 is 18.1 Å². The highest BCUT2D eigenvalue weighted by atomic mass is 32.2. The molecule has 0 bridgehead atoms. The number of pyridine rings is 1. The minimum atomic E-state index is -4.36. The summed E-state index contributed by atoms with van der Waals surface area (Å²) in [5.41, 5.74) is 0.605. The van der Waals surface area contributed by atoms with Gasteiger partial charge in [-0.3, -0.25) is 10.1 Å². The van der Waals surface area contributed by atoms with Gasteiger partial charge in [-0.1, -0.05) is 23.9 Å². The van der Waals surface area contributed by atoms with Crippen LogP contribution in [0.15, 0.2) is 53.0 Å². The van der Waals surface area contributed by atoms with Crippen LogP contribution in [0.2, 0.25) is 0 Å². The van der Waals surface area contributed by atoms with E-state index >= 15 is 0 Å². The Kier molecular flexibility index (Phi) is 5.23. The van der Waals surface area contributed by atoms with Gasteiger partial charge in [0.2, 0.25) is 0 Å².